The number of nitrogens with two attached hydrogens (primary N) is 2. The number of hydrogen-bond acceptors (Lipinski definition) is 5. The second kappa shape index (κ2) is 10.7. The SMILES string of the molecule is CC(N)Cc1ccccc1.CC(NC(=O)C(N)CO)C(=O)O. The Morgan fingerprint density at radius 1 is 1.18 bits per heavy atom. The van der Waals surface area contributed by atoms with Crippen LogP contribution in [0, 0.1) is 0 Å². The molecule has 3 atom stereocenters. The minimum absolute atomic E-state index is 0.266. The second-order valence-electron chi connectivity index (χ2n) is 5.02. The van der Waals surface area contributed by atoms with Crippen molar-refractivity contribution in [3.05, 3.63) is 35.9 Å². The summed E-state index contributed by atoms with van der Waals surface area (Å²) in [5, 5.41) is 18.9. The Morgan fingerprint density at radius 3 is 2.14 bits per heavy atom. The first-order valence-electron chi connectivity index (χ1n) is 6.97. The molecule has 7 nitrogen and oxygen atoms in total. The molecule has 22 heavy (non-hydrogen) atoms. The van der Waals surface area contributed by atoms with E-state index in [9.17, 15) is 9.59 Å². The fourth-order valence-electron chi connectivity index (χ4n) is 1.45. The van der Waals surface area contributed by atoms with Crippen molar-refractivity contribution in [3.8, 4) is 0 Å². The molecule has 0 radical (unpaired) electrons. The summed E-state index contributed by atoms with van der Waals surface area (Å²) >= 11 is 0. The van der Waals surface area contributed by atoms with Crippen molar-refractivity contribution in [1.29, 1.82) is 0 Å². The van der Waals surface area contributed by atoms with E-state index in [4.69, 9.17) is 21.7 Å². The molecule has 0 aromatic heterocycles. The molecule has 0 aliphatic rings. The highest BCUT2D eigenvalue weighted by Crippen LogP contribution is 2.00. The number of carboxylic acids is 1. The molecule has 0 bridgehead atoms. The minimum Gasteiger partial charge on any atom is -0.480 e. The predicted octanol–water partition coefficient (Wildman–Crippen LogP) is -0.528. The molecule has 0 aliphatic carbocycles. The number of amides is 1. The van der Waals surface area contributed by atoms with E-state index < -0.39 is 30.6 Å². The quantitative estimate of drug-likeness (QED) is 0.479. The van der Waals surface area contributed by atoms with E-state index in [1.807, 2.05) is 25.1 Å². The number of carbonyl (C=O) groups is 2. The van der Waals surface area contributed by atoms with E-state index in [0.717, 1.165) is 6.42 Å². The number of aliphatic hydroxyl groups is 1. The Hall–Kier alpha value is -1.96. The van der Waals surface area contributed by atoms with Crippen molar-refractivity contribution in [3.63, 3.8) is 0 Å². The molecule has 0 saturated heterocycles. The van der Waals surface area contributed by atoms with Crippen molar-refractivity contribution in [2.45, 2.75) is 38.4 Å². The molecule has 7 N–H and O–H groups in total. The molecule has 1 amide bonds. The highest BCUT2D eigenvalue weighted by atomic mass is 16.4. The highest BCUT2D eigenvalue weighted by Gasteiger charge is 2.18. The predicted molar refractivity (Wildman–Crippen MR) is 84.1 cm³/mol. The van der Waals surface area contributed by atoms with Crippen LogP contribution in [0.4, 0.5) is 0 Å². The van der Waals surface area contributed by atoms with Crippen LogP contribution in [0.5, 0.6) is 0 Å². The van der Waals surface area contributed by atoms with Gasteiger partial charge >= 0.3 is 5.97 Å². The topological polar surface area (TPSA) is 139 Å². The molecule has 0 spiro atoms. The van der Waals surface area contributed by atoms with Crippen LogP contribution >= 0.6 is 0 Å². The smallest absolute Gasteiger partial charge is 0.325 e. The van der Waals surface area contributed by atoms with E-state index in [1.165, 1.54) is 12.5 Å². The van der Waals surface area contributed by atoms with Gasteiger partial charge in [0.2, 0.25) is 5.91 Å². The van der Waals surface area contributed by atoms with Gasteiger partial charge in [0.1, 0.15) is 12.1 Å². The Kier molecular flexibility index (Phi) is 9.77. The first-order chi connectivity index (χ1) is 10.3. The van der Waals surface area contributed by atoms with E-state index in [1.54, 1.807) is 0 Å². The van der Waals surface area contributed by atoms with Gasteiger partial charge in [-0.15, -0.1) is 0 Å². The van der Waals surface area contributed by atoms with Crippen molar-refractivity contribution in [1.82, 2.24) is 5.32 Å². The van der Waals surface area contributed by atoms with E-state index >= 15 is 0 Å². The Bertz CT molecular complexity index is 451. The summed E-state index contributed by atoms with van der Waals surface area (Å²) in [5.74, 6) is -1.82. The van der Waals surface area contributed by atoms with Crippen molar-refractivity contribution in [2.24, 2.45) is 11.5 Å². The number of aliphatic carboxylic acids is 1. The third-order valence-corrected chi connectivity index (χ3v) is 2.66. The zero-order valence-corrected chi connectivity index (χ0v) is 12.9. The van der Waals surface area contributed by atoms with Gasteiger partial charge in [0, 0.05) is 6.04 Å². The van der Waals surface area contributed by atoms with Crippen LogP contribution in [0.1, 0.15) is 19.4 Å². The van der Waals surface area contributed by atoms with Crippen LogP contribution in [0.15, 0.2) is 30.3 Å². The average molecular weight is 311 g/mol. The van der Waals surface area contributed by atoms with E-state index in [0.29, 0.717) is 0 Å². The number of nitrogens with one attached hydrogen (secondary N) is 1. The summed E-state index contributed by atoms with van der Waals surface area (Å²) in [6, 6.07) is 8.51. The summed E-state index contributed by atoms with van der Waals surface area (Å²) in [6.45, 7) is 2.83. The number of aliphatic hydroxyl groups excluding tert-OH is 1. The van der Waals surface area contributed by atoms with Gasteiger partial charge in [-0.3, -0.25) is 9.59 Å². The summed E-state index contributed by atoms with van der Waals surface area (Å²) < 4.78 is 0. The standard InChI is InChI=1S/C9H13N.C6H12N2O4/c1-8(10)7-9-5-3-2-4-6-9;1-3(6(11)12)8-5(10)4(7)2-9/h2-6,8H,7,10H2,1H3;3-4,9H,2,7H2,1H3,(H,8,10)(H,11,12). The van der Waals surface area contributed by atoms with Crippen LogP contribution in [0.2, 0.25) is 0 Å². The molecule has 0 heterocycles. The summed E-state index contributed by atoms with van der Waals surface area (Å²) in [5.41, 5.74) is 12.1. The van der Waals surface area contributed by atoms with Crippen LogP contribution < -0.4 is 16.8 Å². The fourth-order valence-corrected chi connectivity index (χ4v) is 1.45. The first kappa shape index (κ1) is 20.0. The van der Waals surface area contributed by atoms with Crippen molar-refractivity contribution >= 4 is 11.9 Å². The van der Waals surface area contributed by atoms with Gasteiger partial charge in [0.05, 0.1) is 6.61 Å². The number of benzene rings is 1. The zero-order chi connectivity index (χ0) is 17.1. The summed E-state index contributed by atoms with van der Waals surface area (Å²) in [4.78, 5) is 21.1. The summed E-state index contributed by atoms with van der Waals surface area (Å²) in [6.07, 6.45) is 0.973. The third kappa shape index (κ3) is 9.06. The van der Waals surface area contributed by atoms with Crippen LogP contribution in [0.3, 0.4) is 0 Å². The van der Waals surface area contributed by atoms with Gasteiger partial charge < -0.3 is 27.0 Å². The molecular formula is C15H25N3O4. The van der Waals surface area contributed by atoms with Gasteiger partial charge in [-0.1, -0.05) is 30.3 Å². The molecule has 0 aliphatic heterocycles. The first-order valence-corrected chi connectivity index (χ1v) is 6.97. The Morgan fingerprint density at radius 2 is 1.73 bits per heavy atom. The zero-order valence-electron chi connectivity index (χ0n) is 12.9. The number of rotatable bonds is 6. The maximum atomic E-state index is 10.8. The second-order valence-corrected chi connectivity index (χ2v) is 5.02. The molecule has 3 unspecified atom stereocenters. The lowest BCUT2D eigenvalue weighted by molar-refractivity contribution is -0.141. The van der Waals surface area contributed by atoms with Gasteiger partial charge in [0.15, 0.2) is 0 Å². The molecule has 1 aromatic carbocycles. The minimum atomic E-state index is -1.14. The monoisotopic (exact) mass is 311 g/mol. The molecule has 7 heteroatoms. The molecule has 124 valence electrons. The largest absolute Gasteiger partial charge is 0.480 e. The van der Waals surface area contributed by atoms with Crippen molar-refractivity contribution in [2.75, 3.05) is 6.61 Å². The van der Waals surface area contributed by atoms with Gasteiger partial charge in [-0.2, -0.15) is 0 Å². The number of hydrogen-bond donors (Lipinski definition) is 5. The van der Waals surface area contributed by atoms with Crippen molar-refractivity contribution < 1.29 is 19.8 Å². The van der Waals surface area contributed by atoms with E-state index in [-0.39, 0.29) is 6.04 Å². The Balaban J connectivity index is 0.000000406. The molecule has 0 fully saturated rings. The lowest BCUT2D eigenvalue weighted by atomic mass is 10.1. The number of carbonyl (C=O) groups excluding carboxylic acids is 1. The van der Waals surface area contributed by atoms with E-state index in [2.05, 4.69) is 17.4 Å². The molecule has 1 rings (SSSR count). The maximum absolute atomic E-state index is 10.8. The van der Waals surface area contributed by atoms with Gasteiger partial charge in [-0.25, -0.2) is 0 Å². The summed E-state index contributed by atoms with van der Waals surface area (Å²) in [7, 11) is 0. The van der Waals surface area contributed by atoms with Crippen LogP contribution in [0.25, 0.3) is 0 Å². The average Bonchev–Trinajstić information content (AvgIpc) is 2.47. The normalized spacial score (nSPS) is 14.0. The fraction of sp³-hybridized carbons (Fsp3) is 0.467. The molecular weight excluding hydrogens is 286 g/mol. The highest BCUT2D eigenvalue weighted by molar-refractivity contribution is 5.86. The molecule has 1 aromatic rings. The van der Waals surface area contributed by atoms with Gasteiger partial charge in [0.25, 0.3) is 0 Å². The van der Waals surface area contributed by atoms with Crippen LogP contribution in [-0.4, -0.2) is 46.8 Å². The van der Waals surface area contributed by atoms with Crippen LogP contribution in [-0.2, 0) is 16.0 Å². The number of carboxylic acid groups (broad SMARTS) is 1. The third-order valence-electron chi connectivity index (χ3n) is 2.66. The molecule has 0 saturated carbocycles. The lowest BCUT2D eigenvalue weighted by Gasteiger charge is -2.12. The van der Waals surface area contributed by atoms with Gasteiger partial charge in [-0.05, 0) is 25.8 Å². The Labute approximate surface area is 130 Å². The maximum Gasteiger partial charge on any atom is 0.325 e. The lowest BCUT2D eigenvalue weighted by Crippen LogP contribution is -2.48.